The Balaban J connectivity index is 1.46. The normalized spacial score (nSPS) is 19.6. The second kappa shape index (κ2) is 5.69. The molecule has 4 rings (SSSR count). The molecule has 0 aliphatic carbocycles. The van der Waals surface area contributed by atoms with E-state index in [1.165, 1.54) is 23.5 Å². The zero-order valence-electron chi connectivity index (χ0n) is 12.6. The van der Waals surface area contributed by atoms with Crippen LogP contribution in [0.5, 0.6) is 0 Å². The summed E-state index contributed by atoms with van der Waals surface area (Å²) in [4.78, 5) is 18.9. The summed E-state index contributed by atoms with van der Waals surface area (Å²) in [5, 5.41) is 2.52. The topological polar surface area (TPSA) is 42.4 Å². The van der Waals surface area contributed by atoms with Crippen LogP contribution < -0.4 is 0 Å². The summed E-state index contributed by atoms with van der Waals surface area (Å²) in [5.74, 6) is -0.300. The third-order valence-electron chi connectivity index (χ3n) is 4.74. The quantitative estimate of drug-likeness (QED) is 0.847. The molecule has 6 heteroatoms. The number of amides is 1. The van der Waals surface area contributed by atoms with Crippen molar-refractivity contribution in [1.29, 1.82) is 0 Å². The minimum Gasteiger partial charge on any atom is -0.375 e. The summed E-state index contributed by atoms with van der Waals surface area (Å²) >= 11 is 1.41. The molecule has 2 aliphatic rings. The smallest absolute Gasteiger partial charge is 0.273 e. The van der Waals surface area contributed by atoms with E-state index in [0.717, 1.165) is 49.5 Å². The SMILES string of the molecule is O=C(c1csc(-c2ccc(F)cc2)n1)N1CCC2(CCO2)CC1. The predicted octanol–water partition coefficient (Wildman–Crippen LogP) is 3.34. The van der Waals surface area contributed by atoms with Crippen LogP contribution in [0, 0.1) is 5.82 Å². The molecule has 1 amide bonds. The van der Waals surface area contributed by atoms with Gasteiger partial charge in [0.15, 0.2) is 0 Å². The molecule has 120 valence electrons. The van der Waals surface area contributed by atoms with Crippen LogP contribution in [0.1, 0.15) is 29.8 Å². The zero-order valence-corrected chi connectivity index (χ0v) is 13.4. The second-order valence-corrected chi connectivity index (χ2v) is 6.98. The number of aromatic nitrogens is 1. The van der Waals surface area contributed by atoms with Crippen LogP contribution in [-0.4, -0.2) is 41.1 Å². The minimum absolute atomic E-state index is 0.0243. The first kappa shape index (κ1) is 14.8. The fraction of sp³-hybridized carbons (Fsp3) is 0.412. The van der Waals surface area contributed by atoms with Crippen LogP contribution in [-0.2, 0) is 4.74 Å². The maximum absolute atomic E-state index is 13.0. The highest BCUT2D eigenvalue weighted by molar-refractivity contribution is 7.13. The standard InChI is InChI=1S/C17H17FN2O2S/c18-13-3-1-12(2-4-13)15-19-14(11-23-15)16(21)20-8-5-17(6-9-20)7-10-22-17/h1-4,11H,5-10H2. The highest BCUT2D eigenvalue weighted by atomic mass is 32.1. The van der Waals surface area contributed by atoms with Crippen LogP contribution in [0.2, 0.25) is 0 Å². The van der Waals surface area contributed by atoms with Gasteiger partial charge in [-0.25, -0.2) is 9.37 Å². The molecule has 2 fully saturated rings. The third kappa shape index (κ3) is 2.77. The summed E-state index contributed by atoms with van der Waals surface area (Å²) < 4.78 is 18.7. The molecule has 0 radical (unpaired) electrons. The van der Waals surface area contributed by atoms with E-state index >= 15 is 0 Å². The van der Waals surface area contributed by atoms with Crippen LogP contribution in [0.15, 0.2) is 29.6 Å². The Labute approximate surface area is 137 Å². The van der Waals surface area contributed by atoms with E-state index in [4.69, 9.17) is 4.74 Å². The van der Waals surface area contributed by atoms with Gasteiger partial charge in [0.2, 0.25) is 0 Å². The Morgan fingerprint density at radius 3 is 2.52 bits per heavy atom. The van der Waals surface area contributed by atoms with Gasteiger partial charge in [-0.3, -0.25) is 4.79 Å². The lowest BCUT2D eigenvalue weighted by Crippen LogP contribution is -2.53. The molecule has 1 aromatic carbocycles. The number of benzene rings is 1. The van der Waals surface area contributed by atoms with Gasteiger partial charge in [0.1, 0.15) is 16.5 Å². The van der Waals surface area contributed by atoms with Gasteiger partial charge in [0, 0.05) is 24.0 Å². The Bertz CT molecular complexity index is 714. The second-order valence-electron chi connectivity index (χ2n) is 6.12. The number of nitrogens with zero attached hydrogens (tertiary/aromatic N) is 2. The van der Waals surface area contributed by atoms with Crippen LogP contribution in [0.25, 0.3) is 10.6 Å². The predicted molar refractivity (Wildman–Crippen MR) is 85.9 cm³/mol. The number of hydrogen-bond acceptors (Lipinski definition) is 4. The number of likely N-dealkylation sites (tertiary alicyclic amines) is 1. The summed E-state index contributed by atoms with van der Waals surface area (Å²) in [6.45, 7) is 2.30. The van der Waals surface area contributed by atoms with Crippen molar-refractivity contribution in [3.63, 3.8) is 0 Å². The minimum atomic E-state index is -0.276. The molecule has 0 atom stereocenters. The van der Waals surface area contributed by atoms with Crippen LogP contribution >= 0.6 is 11.3 Å². The molecule has 0 N–H and O–H groups in total. The maximum atomic E-state index is 13.0. The summed E-state index contributed by atoms with van der Waals surface area (Å²) in [6, 6.07) is 6.17. The number of piperidine rings is 1. The first-order valence-electron chi connectivity index (χ1n) is 7.80. The van der Waals surface area contributed by atoms with E-state index in [-0.39, 0.29) is 17.3 Å². The molecular weight excluding hydrogens is 315 g/mol. The van der Waals surface area contributed by atoms with Gasteiger partial charge in [-0.1, -0.05) is 0 Å². The van der Waals surface area contributed by atoms with Gasteiger partial charge in [-0.15, -0.1) is 11.3 Å². The largest absolute Gasteiger partial charge is 0.375 e. The summed E-state index contributed by atoms with van der Waals surface area (Å²) in [6.07, 6.45) is 2.93. The van der Waals surface area contributed by atoms with Crippen molar-refractivity contribution in [3.8, 4) is 10.6 Å². The first-order valence-corrected chi connectivity index (χ1v) is 8.68. The van der Waals surface area contributed by atoms with E-state index in [0.29, 0.717) is 5.69 Å². The highest BCUT2D eigenvalue weighted by Gasteiger charge is 2.42. The van der Waals surface area contributed by atoms with Crippen molar-refractivity contribution >= 4 is 17.2 Å². The fourth-order valence-electron chi connectivity index (χ4n) is 3.16. The molecular formula is C17H17FN2O2S. The molecule has 1 aromatic heterocycles. The lowest BCUT2D eigenvalue weighted by molar-refractivity contribution is -0.169. The maximum Gasteiger partial charge on any atom is 0.273 e. The zero-order chi connectivity index (χ0) is 15.9. The lowest BCUT2D eigenvalue weighted by Gasteiger charge is -2.47. The average Bonchev–Trinajstić information content (AvgIpc) is 3.03. The van der Waals surface area contributed by atoms with Crippen LogP contribution in [0.4, 0.5) is 4.39 Å². The number of carbonyl (C=O) groups excluding carboxylic acids is 1. The summed E-state index contributed by atoms with van der Waals surface area (Å²) in [5.41, 5.74) is 1.34. The average molecular weight is 332 g/mol. The van der Waals surface area contributed by atoms with Crippen molar-refractivity contribution < 1.29 is 13.9 Å². The first-order chi connectivity index (χ1) is 11.2. The number of thiazole rings is 1. The Morgan fingerprint density at radius 2 is 1.91 bits per heavy atom. The molecule has 23 heavy (non-hydrogen) atoms. The molecule has 2 saturated heterocycles. The number of hydrogen-bond donors (Lipinski definition) is 0. The van der Waals surface area contributed by atoms with Gasteiger partial charge >= 0.3 is 0 Å². The fourth-order valence-corrected chi connectivity index (χ4v) is 3.96. The van der Waals surface area contributed by atoms with Gasteiger partial charge in [0.05, 0.1) is 12.2 Å². The lowest BCUT2D eigenvalue weighted by atomic mass is 9.84. The van der Waals surface area contributed by atoms with Gasteiger partial charge in [-0.05, 0) is 43.5 Å². The number of ether oxygens (including phenoxy) is 1. The van der Waals surface area contributed by atoms with Crippen molar-refractivity contribution in [2.75, 3.05) is 19.7 Å². The van der Waals surface area contributed by atoms with Crippen molar-refractivity contribution in [1.82, 2.24) is 9.88 Å². The molecule has 0 saturated carbocycles. The molecule has 1 spiro atoms. The van der Waals surface area contributed by atoms with Gasteiger partial charge in [-0.2, -0.15) is 0 Å². The van der Waals surface area contributed by atoms with E-state index in [1.807, 2.05) is 4.90 Å². The van der Waals surface area contributed by atoms with Crippen LogP contribution in [0.3, 0.4) is 0 Å². The van der Waals surface area contributed by atoms with E-state index < -0.39 is 0 Å². The van der Waals surface area contributed by atoms with Gasteiger partial charge < -0.3 is 9.64 Å². The molecule has 3 heterocycles. The molecule has 0 bridgehead atoms. The summed E-state index contributed by atoms with van der Waals surface area (Å²) in [7, 11) is 0. The van der Waals surface area contributed by atoms with Crippen molar-refractivity contribution in [2.24, 2.45) is 0 Å². The Hall–Kier alpha value is -1.79. The molecule has 0 unspecified atom stereocenters. The Kier molecular flexibility index (Phi) is 3.66. The van der Waals surface area contributed by atoms with E-state index in [9.17, 15) is 9.18 Å². The Morgan fingerprint density at radius 1 is 1.22 bits per heavy atom. The van der Waals surface area contributed by atoms with Crippen molar-refractivity contribution in [3.05, 3.63) is 41.2 Å². The van der Waals surface area contributed by atoms with E-state index in [2.05, 4.69) is 4.98 Å². The molecule has 2 aromatic rings. The highest BCUT2D eigenvalue weighted by Crippen LogP contribution is 2.37. The third-order valence-corrected chi connectivity index (χ3v) is 5.63. The van der Waals surface area contributed by atoms with Crippen molar-refractivity contribution in [2.45, 2.75) is 24.9 Å². The number of halogens is 1. The number of rotatable bonds is 2. The van der Waals surface area contributed by atoms with Gasteiger partial charge in [0.25, 0.3) is 5.91 Å². The van der Waals surface area contributed by atoms with E-state index in [1.54, 1.807) is 17.5 Å². The monoisotopic (exact) mass is 332 g/mol. The molecule has 4 nitrogen and oxygen atoms in total. The molecule has 2 aliphatic heterocycles. The number of carbonyl (C=O) groups is 1.